The monoisotopic (exact) mass is 423 g/mol. The highest BCUT2D eigenvalue weighted by Gasteiger charge is 2.28. The molecular weight excluding hydrogens is 409 g/mol. The molecule has 0 atom stereocenters. The van der Waals surface area contributed by atoms with Crippen molar-refractivity contribution in [2.24, 2.45) is 0 Å². The Morgan fingerprint density at radius 2 is 1.72 bits per heavy atom. The maximum Gasteiger partial charge on any atom is 0.340 e. The summed E-state index contributed by atoms with van der Waals surface area (Å²) in [5.74, 6) is 0.341. The molecule has 0 bridgehead atoms. The van der Waals surface area contributed by atoms with Crippen LogP contribution in [0.5, 0.6) is 0 Å². The second-order valence-corrected chi connectivity index (χ2v) is 7.90. The Labute approximate surface area is 175 Å². The van der Waals surface area contributed by atoms with Crippen molar-refractivity contribution in [3.63, 3.8) is 0 Å². The first-order chi connectivity index (χ1) is 14.1. The van der Waals surface area contributed by atoms with Crippen LogP contribution in [0.1, 0.15) is 24.3 Å². The van der Waals surface area contributed by atoms with Crippen LogP contribution in [-0.2, 0) is 0 Å². The first-order valence-electron chi connectivity index (χ1n) is 9.23. The van der Waals surface area contributed by atoms with E-state index in [-0.39, 0.29) is 5.56 Å². The van der Waals surface area contributed by atoms with Crippen molar-refractivity contribution >= 4 is 34.1 Å². The van der Waals surface area contributed by atoms with Crippen LogP contribution in [0.15, 0.2) is 70.5 Å². The summed E-state index contributed by atoms with van der Waals surface area (Å²) in [6.07, 6.45) is 5.19. The fourth-order valence-electron chi connectivity index (χ4n) is 3.70. The third-order valence-electron chi connectivity index (χ3n) is 5.20. The van der Waals surface area contributed by atoms with Gasteiger partial charge in [0, 0.05) is 6.20 Å². The van der Waals surface area contributed by atoms with Crippen molar-refractivity contribution in [1.29, 1.82) is 0 Å². The van der Waals surface area contributed by atoms with E-state index < -0.39 is 5.69 Å². The van der Waals surface area contributed by atoms with Crippen LogP contribution >= 0.6 is 23.2 Å². The van der Waals surface area contributed by atoms with Gasteiger partial charge in [-0.2, -0.15) is 0 Å². The minimum absolute atomic E-state index is 0.335. The molecule has 0 radical (unpaired) electrons. The standard InChI is InChI=1S/C22H15Cl2N3O2/c23-17-9-8-14(11-18(17)24)26-19-5-1-4-16(13-6-7-13)20(19)21(28)27(22(26)29)15-3-2-10-25-12-15/h1-5,8-13H,6-7H2. The quantitative estimate of drug-likeness (QED) is 0.478. The Balaban J connectivity index is 1.96. The van der Waals surface area contributed by atoms with Crippen LogP contribution in [0, 0.1) is 0 Å². The molecule has 0 aliphatic heterocycles. The van der Waals surface area contributed by atoms with Crippen LogP contribution < -0.4 is 11.2 Å². The van der Waals surface area contributed by atoms with Gasteiger partial charge < -0.3 is 0 Å². The van der Waals surface area contributed by atoms with Gasteiger partial charge in [0.05, 0.1) is 38.5 Å². The van der Waals surface area contributed by atoms with Gasteiger partial charge in [0.2, 0.25) is 0 Å². The molecule has 1 saturated carbocycles. The van der Waals surface area contributed by atoms with Gasteiger partial charge in [-0.3, -0.25) is 14.3 Å². The van der Waals surface area contributed by atoms with E-state index in [0.717, 1.165) is 18.4 Å². The van der Waals surface area contributed by atoms with E-state index in [0.29, 0.717) is 38.2 Å². The summed E-state index contributed by atoms with van der Waals surface area (Å²) in [5, 5.41) is 1.28. The molecule has 0 N–H and O–H groups in total. The minimum atomic E-state index is -0.484. The highest BCUT2D eigenvalue weighted by atomic mass is 35.5. The highest BCUT2D eigenvalue weighted by molar-refractivity contribution is 6.42. The van der Waals surface area contributed by atoms with Crippen molar-refractivity contribution in [3.05, 3.63) is 97.4 Å². The molecule has 2 aromatic heterocycles. The van der Waals surface area contributed by atoms with E-state index >= 15 is 0 Å². The van der Waals surface area contributed by atoms with Crippen molar-refractivity contribution < 1.29 is 0 Å². The molecule has 144 valence electrons. The van der Waals surface area contributed by atoms with Gasteiger partial charge in [0.15, 0.2) is 0 Å². The maximum atomic E-state index is 13.5. The zero-order valence-electron chi connectivity index (χ0n) is 15.2. The number of fused-ring (bicyclic) bond motifs is 1. The highest BCUT2D eigenvalue weighted by Crippen LogP contribution is 2.42. The Morgan fingerprint density at radius 1 is 0.897 bits per heavy atom. The molecule has 7 heteroatoms. The summed E-state index contributed by atoms with van der Waals surface area (Å²) in [5.41, 5.74) is 1.67. The zero-order valence-corrected chi connectivity index (χ0v) is 16.7. The van der Waals surface area contributed by atoms with E-state index in [4.69, 9.17) is 23.2 Å². The smallest absolute Gasteiger partial charge is 0.268 e. The molecule has 4 aromatic rings. The molecule has 0 spiro atoms. The van der Waals surface area contributed by atoms with Crippen LogP contribution in [0.25, 0.3) is 22.3 Å². The van der Waals surface area contributed by atoms with Gasteiger partial charge in [0.25, 0.3) is 5.56 Å². The first-order valence-corrected chi connectivity index (χ1v) is 9.98. The number of rotatable bonds is 3. The number of pyridine rings is 1. The lowest BCUT2D eigenvalue weighted by Gasteiger charge is -2.16. The van der Waals surface area contributed by atoms with Crippen LogP contribution in [0.2, 0.25) is 10.0 Å². The predicted octanol–water partition coefficient (Wildman–Crippen LogP) is 4.72. The fraction of sp³-hybridized carbons (Fsp3) is 0.136. The van der Waals surface area contributed by atoms with Crippen molar-refractivity contribution in [1.82, 2.24) is 14.1 Å². The number of nitrogens with zero attached hydrogens (tertiary/aromatic N) is 3. The molecule has 0 unspecified atom stereocenters. The zero-order chi connectivity index (χ0) is 20.1. The summed E-state index contributed by atoms with van der Waals surface area (Å²) in [7, 11) is 0. The molecule has 2 aromatic carbocycles. The van der Waals surface area contributed by atoms with Crippen LogP contribution in [-0.4, -0.2) is 14.1 Å². The number of hydrogen-bond acceptors (Lipinski definition) is 3. The van der Waals surface area contributed by atoms with E-state index in [2.05, 4.69) is 4.98 Å². The first kappa shape index (κ1) is 18.2. The van der Waals surface area contributed by atoms with E-state index in [1.165, 1.54) is 15.3 Å². The lowest BCUT2D eigenvalue weighted by molar-refractivity contribution is 0.828. The Bertz CT molecular complexity index is 1370. The van der Waals surface area contributed by atoms with Gasteiger partial charge in [-0.1, -0.05) is 35.3 Å². The summed E-state index contributed by atoms with van der Waals surface area (Å²) in [6, 6.07) is 14.0. The molecule has 0 saturated heterocycles. The number of benzene rings is 2. The SMILES string of the molecule is O=c1c2c(C3CC3)cccc2n(-c2ccc(Cl)c(Cl)c2)c(=O)n1-c1cccnc1. The Kier molecular flexibility index (Phi) is 4.30. The van der Waals surface area contributed by atoms with Crippen molar-refractivity contribution in [2.45, 2.75) is 18.8 Å². The molecule has 29 heavy (non-hydrogen) atoms. The minimum Gasteiger partial charge on any atom is -0.268 e. The second kappa shape index (κ2) is 6.87. The average molecular weight is 424 g/mol. The number of halogens is 2. The van der Waals surface area contributed by atoms with E-state index in [1.54, 1.807) is 42.6 Å². The average Bonchev–Trinajstić information content (AvgIpc) is 3.56. The molecule has 0 amide bonds. The van der Waals surface area contributed by atoms with Crippen LogP contribution in [0.3, 0.4) is 0 Å². The molecular formula is C22H15Cl2N3O2. The maximum absolute atomic E-state index is 13.5. The molecule has 1 aliphatic carbocycles. The summed E-state index contributed by atoms with van der Waals surface area (Å²) in [6.45, 7) is 0. The van der Waals surface area contributed by atoms with Crippen molar-refractivity contribution in [2.75, 3.05) is 0 Å². The summed E-state index contributed by atoms with van der Waals surface area (Å²) < 4.78 is 2.68. The molecule has 5 nitrogen and oxygen atoms in total. The van der Waals surface area contributed by atoms with Gasteiger partial charge in [-0.15, -0.1) is 0 Å². The Hall–Kier alpha value is -2.89. The van der Waals surface area contributed by atoms with Crippen molar-refractivity contribution in [3.8, 4) is 11.4 Å². The number of aromatic nitrogens is 3. The largest absolute Gasteiger partial charge is 0.340 e. The van der Waals surface area contributed by atoms with Crippen LogP contribution in [0.4, 0.5) is 0 Å². The summed E-state index contributed by atoms with van der Waals surface area (Å²) in [4.78, 5) is 31.1. The van der Waals surface area contributed by atoms with Gasteiger partial charge in [0.1, 0.15) is 0 Å². The third-order valence-corrected chi connectivity index (χ3v) is 5.94. The molecule has 1 aliphatic rings. The fourth-order valence-corrected chi connectivity index (χ4v) is 3.99. The Morgan fingerprint density at radius 3 is 2.41 bits per heavy atom. The lowest BCUT2D eigenvalue weighted by atomic mass is 10.0. The summed E-state index contributed by atoms with van der Waals surface area (Å²) >= 11 is 12.3. The molecule has 1 fully saturated rings. The van der Waals surface area contributed by atoms with Gasteiger partial charge >= 0.3 is 5.69 Å². The van der Waals surface area contributed by atoms with Gasteiger partial charge in [-0.05, 0) is 60.7 Å². The lowest BCUT2D eigenvalue weighted by Crippen LogP contribution is -2.38. The third kappa shape index (κ3) is 2.98. The second-order valence-electron chi connectivity index (χ2n) is 7.08. The predicted molar refractivity (Wildman–Crippen MR) is 115 cm³/mol. The normalized spacial score (nSPS) is 13.7. The topological polar surface area (TPSA) is 56.9 Å². The molecule has 2 heterocycles. The number of hydrogen-bond donors (Lipinski definition) is 0. The molecule has 5 rings (SSSR count). The van der Waals surface area contributed by atoms with E-state index in [1.807, 2.05) is 12.1 Å². The van der Waals surface area contributed by atoms with E-state index in [9.17, 15) is 9.59 Å². The van der Waals surface area contributed by atoms with Gasteiger partial charge in [-0.25, -0.2) is 9.36 Å².